The fourth-order valence-corrected chi connectivity index (χ4v) is 10.9. The van der Waals surface area contributed by atoms with Crippen molar-refractivity contribution in [2.45, 2.75) is 132 Å². The molecular formula is C47H57N7O9S. The zero-order valence-electron chi connectivity index (χ0n) is 36.4. The van der Waals surface area contributed by atoms with Gasteiger partial charge in [-0.15, -0.1) is 0 Å². The number of alkyl carbamates (subject to hydrolysis) is 1. The molecule has 4 fully saturated rings. The van der Waals surface area contributed by atoms with Gasteiger partial charge in [0.05, 0.1) is 11.8 Å². The summed E-state index contributed by atoms with van der Waals surface area (Å²) in [4.78, 5) is 70.3. The molecule has 340 valence electrons. The predicted octanol–water partition coefficient (Wildman–Crippen LogP) is 6.28. The van der Waals surface area contributed by atoms with Crippen LogP contribution in [0.4, 0.5) is 10.5 Å². The van der Waals surface area contributed by atoms with E-state index in [1.54, 1.807) is 0 Å². The Morgan fingerprint density at radius 1 is 0.938 bits per heavy atom. The number of rotatable bonds is 11. The van der Waals surface area contributed by atoms with Gasteiger partial charge in [0.15, 0.2) is 5.82 Å². The third-order valence-corrected chi connectivity index (χ3v) is 15.3. The summed E-state index contributed by atoms with van der Waals surface area (Å²) in [7, 11) is -3.92. The highest BCUT2D eigenvalue weighted by molar-refractivity contribution is 7.91. The zero-order valence-corrected chi connectivity index (χ0v) is 37.2. The normalized spacial score (nSPS) is 26.0. The van der Waals surface area contributed by atoms with Crippen LogP contribution in [0.25, 0.3) is 33.5 Å². The molecule has 4 amide bonds. The van der Waals surface area contributed by atoms with Crippen LogP contribution in [0.2, 0.25) is 0 Å². The van der Waals surface area contributed by atoms with E-state index in [1.165, 1.54) is 4.90 Å². The van der Waals surface area contributed by atoms with E-state index in [1.807, 2.05) is 60.7 Å². The summed E-state index contributed by atoms with van der Waals surface area (Å²) in [6, 6.07) is 13.3. The molecule has 2 aromatic carbocycles. The molecule has 3 N–H and O–H groups in total. The first-order valence-corrected chi connectivity index (χ1v) is 24.5. The van der Waals surface area contributed by atoms with Gasteiger partial charge in [0.25, 0.3) is 11.8 Å². The third kappa shape index (κ3) is 9.00. The number of aromatic nitrogens is 2. The van der Waals surface area contributed by atoms with Gasteiger partial charge in [0.1, 0.15) is 40.9 Å². The summed E-state index contributed by atoms with van der Waals surface area (Å²) in [6.45, 7) is 5.85. The monoisotopic (exact) mass is 895 g/mol. The molecule has 5 aliphatic rings. The maximum absolute atomic E-state index is 14.8. The summed E-state index contributed by atoms with van der Waals surface area (Å²) in [6.07, 6.45) is 9.87. The Hall–Kier alpha value is -5.71. The van der Waals surface area contributed by atoms with Crippen molar-refractivity contribution in [1.29, 1.82) is 0 Å². The highest BCUT2D eigenvalue weighted by Crippen LogP contribution is 2.46. The lowest BCUT2D eigenvalue weighted by atomic mass is 10.0. The summed E-state index contributed by atoms with van der Waals surface area (Å²) in [5, 5.41) is 5.88. The number of benzene rings is 2. The van der Waals surface area contributed by atoms with Crippen LogP contribution in [0.3, 0.4) is 0 Å². The molecule has 5 atom stereocenters. The zero-order chi connectivity index (χ0) is 44.6. The highest BCUT2D eigenvalue weighted by Gasteiger charge is 2.62. The molecule has 17 heteroatoms. The minimum absolute atomic E-state index is 0.00494. The van der Waals surface area contributed by atoms with Gasteiger partial charge in [-0.2, -0.15) is 4.98 Å². The maximum atomic E-state index is 14.8. The molecule has 4 heterocycles. The number of hydrogen-bond acceptors (Lipinski definition) is 12. The lowest BCUT2D eigenvalue weighted by molar-refractivity contribution is -0.141. The van der Waals surface area contributed by atoms with E-state index in [4.69, 9.17) is 23.9 Å². The lowest BCUT2D eigenvalue weighted by Gasteiger charge is -2.30. The molecule has 9 rings (SSSR count). The van der Waals surface area contributed by atoms with Crippen LogP contribution in [0.1, 0.15) is 97.3 Å². The van der Waals surface area contributed by atoms with Gasteiger partial charge in [-0.05, 0) is 114 Å². The van der Waals surface area contributed by atoms with Crippen molar-refractivity contribution in [2.75, 3.05) is 24.5 Å². The van der Waals surface area contributed by atoms with Crippen LogP contribution in [0.15, 0.2) is 65.1 Å². The molecular weight excluding hydrogens is 839 g/mol. The van der Waals surface area contributed by atoms with Crippen LogP contribution < -0.4 is 25.0 Å². The number of hydrogen-bond donors (Lipinski definition) is 3. The number of furan rings is 1. The summed E-state index contributed by atoms with van der Waals surface area (Å²) >= 11 is 0. The van der Waals surface area contributed by atoms with Gasteiger partial charge in [-0.1, -0.05) is 37.1 Å². The van der Waals surface area contributed by atoms with Gasteiger partial charge in [-0.25, -0.2) is 18.2 Å². The number of amides is 4. The minimum Gasteiger partial charge on any atom is -0.470 e. The van der Waals surface area contributed by atoms with Crippen molar-refractivity contribution < 1.29 is 41.5 Å². The Labute approximate surface area is 372 Å². The standard InChI is InChI=1S/C47H57N7O9S/c1-3-53(4-2)31-22-20-29(21-23-31)41-49-39-35-17-12-13-19-38(35)63-40(39)43(50-41)61-33-26-37-42(55)51-47(45(57)52-64(59,60)34-24-25-34)27-30(47)14-8-6-5-7-9-18-36(44(56)54(37)28-33)48-46(58)62-32-15-10-11-16-32/h8,12-14,17,19-23,30,32-34,36-37H,3-7,9-11,15-16,18,24-28H2,1-2H3,(H,48,58)(H,51,55)(H,52,57)/b14-8-. The molecule has 3 aliphatic carbocycles. The molecule has 1 saturated heterocycles. The first kappa shape index (κ1) is 43.5. The van der Waals surface area contributed by atoms with Gasteiger partial charge < -0.3 is 34.3 Å². The minimum atomic E-state index is -3.92. The quantitative estimate of drug-likeness (QED) is 0.143. The van der Waals surface area contributed by atoms with E-state index in [9.17, 15) is 27.6 Å². The van der Waals surface area contributed by atoms with Crippen molar-refractivity contribution in [3.8, 4) is 17.3 Å². The van der Waals surface area contributed by atoms with Crippen LogP contribution in [0.5, 0.6) is 5.88 Å². The third-order valence-electron chi connectivity index (χ3n) is 13.4. The predicted molar refractivity (Wildman–Crippen MR) is 240 cm³/mol. The molecule has 16 nitrogen and oxygen atoms in total. The molecule has 0 radical (unpaired) electrons. The first-order chi connectivity index (χ1) is 31.0. The number of carbonyl (C=O) groups excluding carboxylic acids is 4. The molecule has 4 aromatic rings. The van der Waals surface area contributed by atoms with Crippen LogP contribution >= 0.6 is 0 Å². The molecule has 5 unspecified atom stereocenters. The Balaban J connectivity index is 1.05. The molecule has 64 heavy (non-hydrogen) atoms. The van der Waals surface area contributed by atoms with Gasteiger partial charge in [-0.3, -0.25) is 19.1 Å². The summed E-state index contributed by atoms with van der Waals surface area (Å²) in [5.41, 5.74) is 1.71. The summed E-state index contributed by atoms with van der Waals surface area (Å²) < 4.78 is 47.0. The van der Waals surface area contributed by atoms with Crippen LogP contribution in [-0.2, 0) is 29.1 Å². The Bertz CT molecular complexity index is 2550. The number of carbonyl (C=O) groups is 4. The molecule has 0 bridgehead atoms. The second kappa shape index (κ2) is 18.0. The number of allylic oxidation sites excluding steroid dienone is 1. The van der Waals surface area contributed by atoms with E-state index >= 15 is 0 Å². The van der Waals surface area contributed by atoms with Gasteiger partial charge >= 0.3 is 6.09 Å². The Morgan fingerprint density at radius 2 is 1.69 bits per heavy atom. The molecule has 2 aliphatic heterocycles. The molecule has 2 aromatic heterocycles. The van der Waals surface area contributed by atoms with Gasteiger partial charge in [0.2, 0.25) is 27.4 Å². The topological polar surface area (TPSA) is 202 Å². The fraction of sp³-hybridized carbons (Fsp3) is 0.532. The average molecular weight is 896 g/mol. The number of sulfonamides is 1. The van der Waals surface area contributed by atoms with E-state index < -0.39 is 68.7 Å². The lowest BCUT2D eigenvalue weighted by Crippen LogP contribution is -2.58. The fourth-order valence-electron chi connectivity index (χ4n) is 9.52. The van der Waals surface area contributed by atoms with Crippen molar-refractivity contribution >= 4 is 61.6 Å². The van der Waals surface area contributed by atoms with Crippen molar-refractivity contribution in [1.82, 2.24) is 30.2 Å². The Kier molecular flexibility index (Phi) is 12.3. The smallest absolute Gasteiger partial charge is 0.408 e. The maximum Gasteiger partial charge on any atom is 0.408 e. The summed E-state index contributed by atoms with van der Waals surface area (Å²) in [5.74, 6) is -1.84. The van der Waals surface area contributed by atoms with Gasteiger partial charge in [0, 0.05) is 42.1 Å². The molecule has 0 spiro atoms. The largest absolute Gasteiger partial charge is 0.470 e. The van der Waals surface area contributed by atoms with E-state index in [-0.39, 0.29) is 31.4 Å². The second-order valence-corrected chi connectivity index (χ2v) is 19.8. The van der Waals surface area contributed by atoms with Crippen molar-refractivity contribution in [3.63, 3.8) is 0 Å². The van der Waals surface area contributed by atoms with E-state index in [2.05, 4.69) is 34.1 Å². The highest BCUT2D eigenvalue weighted by atomic mass is 32.2. The van der Waals surface area contributed by atoms with Crippen LogP contribution in [-0.4, -0.2) is 102 Å². The number of fused-ring (bicyclic) bond motifs is 5. The number of nitrogens with zero attached hydrogens (tertiary/aromatic N) is 4. The van der Waals surface area contributed by atoms with E-state index in [0.717, 1.165) is 68.3 Å². The SMILES string of the molecule is CCN(CC)c1ccc(-c2nc(OC3CC4C(=O)NC5(C(=O)NS(=O)(=O)C6CC6)CC5/C=C\CCCCCC(NC(=O)OC5CCCC5)C(=O)N4C3)c3oc4ccccc4c3n2)cc1. The Morgan fingerprint density at radius 3 is 2.44 bits per heavy atom. The number of anilines is 1. The van der Waals surface area contributed by atoms with E-state index in [0.29, 0.717) is 54.6 Å². The number of nitrogens with one attached hydrogen (secondary N) is 3. The number of para-hydroxylation sites is 1. The van der Waals surface area contributed by atoms with Crippen LogP contribution in [0, 0.1) is 5.92 Å². The van der Waals surface area contributed by atoms with Crippen molar-refractivity contribution in [2.24, 2.45) is 5.92 Å². The first-order valence-electron chi connectivity index (χ1n) is 23.0. The number of ether oxygens (including phenoxy) is 2. The molecule has 3 saturated carbocycles. The average Bonchev–Trinajstić information content (AvgIpc) is 4.10. The second-order valence-electron chi connectivity index (χ2n) is 17.9. The van der Waals surface area contributed by atoms with Crippen molar-refractivity contribution in [3.05, 3.63) is 60.7 Å².